The molecule has 1 aliphatic rings. The summed E-state index contributed by atoms with van der Waals surface area (Å²) in [6, 6.07) is -0.152. The number of piperidine rings is 1. The van der Waals surface area contributed by atoms with Crippen molar-refractivity contribution in [2.24, 2.45) is 0 Å². The van der Waals surface area contributed by atoms with E-state index >= 15 is 0 Å². The van der Waals surface area contributed by atoms with Crippen molar-refractivity contribution in [3.05, 3.63) is 5.69 Å². The van der Waals surface area contributed by atoms with Gasteiger partial charge in [0.1, 0.15) is 13.7 Å². The van der Waals surface area contributed by atoms with Crippen LogP contribution >= 0.6 is 0 Å². The van der Waals surface area contributed by atoms with Crippen LogP contribution in [0.4, 0.5) is 4.79 Å². The van der Waals surface area contributed by atoms with E-state index in [1.54, 1.807) is 4.90 Å². The van der Waals surface area contributed by atoms with Gasteiger partial charge in [-0.05, 0) is 34.1 Å². The zero-order valence-corrected chi connectivity index (χ0v) is 16.8. The average molecular weight is 355 g/mol. The first-order valence-electron chi connectivity index (χ1n) is 8.48. The van der Waals surface area contributed by atoms with Gasteiger partial charge >= 0.3 is 6.09 Å². The monoisotopic (exact) mass is 354 g/mol. The second kappa shape index (κ2) is 6.48. The molecule has 1 saturated heterocycles. The molecule has 0 radical (unpaired) electrons. The smallest absolute Gasteiger partial charge is 0.410 e. The molecule has 24 heavy (non-hydrogen) atoms. The van der Waals surface area contributed by atoms with Gasteiger partial charge in [0.15, 0.2) is 0 Å². The molecule has 1 amide bonds. The Morgan fingerprint density at radius 1 is 1.33 bits per heavy atom. The quantitative estimate of drug-likeness (QED) is 0.817. The number of aliphatic hydroxyl groups is 1. The Hall–Kier alpha value is -1.41. The Kier molecular flexibility index (Phi) is 5.10. The van der Waals surface area contributed by atoms with Crippen LogP contribution in [-0.2, 0) is 4.74 Å². The van der Waals surface area contributed by atoms with Gasteiger partial charge in [0.2, 0.25) is 0 Å². The zero-order valence-electron chi connectivity index (χ0n) is 15.8. The van der Waals surface area contributed by atoms with E-state index in [4.69, 9.17) is 4.74 Å². The van der Waals surface area contributed by atoms with Gasteiger partial charge in [0.05, 0.1) is 29.7 Å². The number of rotatable bonds is 2. The van der Waals surface area contributed by atoms with E-state index in [0.29, 0.717) is 13.0 Å². The van der Waals surface area contributed by atoms with E-state index in [1.165, 1.54) is 0 Å². The van der Waals surface area contributed by atoms with Gasteiger partial charge < -0.3 is 14.7 Å². The Balaban J connectivity index is 2.10. The highest BCUT2D eigenvalue weighted by Crippen LogP contribution is 2.25. The summed E-state index contributed by atoms with van der Waals surface area (Å²) in [6.45, 7) is 15.0. The number of amides is 1. The molecule has 136 valence electrons. The van der Waals surface area contributed by atoms with Crippen molar-refractivity contribution in [1.82, 2.24) is 19.9 Å². The van der Waals surface area contributed by atoms with Crippen LogP contribution < -0.4 is 5.32 Å². The molecule has 2 rings (SSSR count). The van der Waals surface area contributed by atoms with Crippen LogP contribution in [0.25, 0.3) is 0 Å². The number of ether oxygens (including phenoxy) is 1. The topological polar surface area (TPSA) is 80.5 Å². The van der Waals surface area contributed by atoms with Gasteiger partial charge in [-0.2, -0.15) is 0 Å². The third kappa shape index (κ3) is 4.16. The van der Waals surface area contributed by atoms with Crippen molar-refractivity contribution in [1.29, 1.82) is 0 Å². The highest BCUT2D eigenvalue weighted by Gasteiger charge is 2.36. The van der Waals surface area contributed by atoms with Crippen LogP contribution in [0.2, 0.25) is 19.6 Å². The van der Waals surface area contributed by atoms with E-state index in [0.717, 1.165) is 11.0 Å². The summed E-state index contributed by atoms with van der Waals surface area (Å²) in [7, 11) is -1.56. The molecule has 1 aromatic rings. The molecule has 1 unspecified atom stereocenters. The molecule has 1 fully saturated rings. The highest BCUT2D eigenvalue weighted by molar-refractivity contribution is 6.88. The Bertz CT molecular complexity index is 603. The molecule has 1 N–H and O–H groups in total. The van der Waals surface area contributed by atoms with E-state index in [1.807, 2.05) is 32.4 Å². The van der Waals surface area contributed by atoms with Gasteiger partial charge in [-0.3, -0.25) is 0 Å². The normalized spacial score (nSPS) is 22.6. The summed E-state index contributed by atoms with van der Waals surface area (Å²) >= 11 is 0. The number of β-amino-alcohol motifs (C(OH)–C–C–N with tert-alkyl or cyclic N) is 1. The zero-order chi connectivity index (χ0) is 18.3. The number of likely N-dealkylation sites (tertiary alicyclic amines) is 1. The van der Waals surface area contributed by atoms with Crippen molar-refractivity contribution < 1.29 is 14.6 Å². The molecule has 1 aliphatic heterocycles. The van der Waals surface area contributed by atoms with E-state index in [9.17, 15) is 9.90 Å². The minimum absolute atomic E-state index is 0.152. The second-order valence-corrected chi connectivity index (χ2v) is 13.5. The number of carbonyl (C=O) groups is 1. The SMILES string of the molecule is Cc1c([Si](C)(C)C)nnn1C1CCN(C(=O)OC(C)(C)C)C[C@@H]1O. The first kappa shape index (κ1) is 18.9. The lowest BCUT2D eigenvalue weighted by Crippen LogP contribution is -2.49. The van der Waals surface area contributed by atoms with E-state index in [2.05, 4.69) is 30.0 Å². The molecule has 0 saturated carbocycles. The summed E-state index contributed by atoms with van der Waals surface area (Å²) in [5.41, 5.74) is 0.497. The maximum absolute atomic E-state index is 12.2. The molecule has 8 heteroatoms. The van der Waals surface area contributed by atoms with Gasteiger partial charge in [-0.1, -0.05) is 24.9 Å². The molecular formula is C16H30N4O3Si. The van der Waals surface area contributed by atoms with Crippen LogP contribution in [0.3, 0.4) is 0 Å². The largest absolute Gasteiger partial charge is 0.444 e. The third-order valence-electron chi connectivity index (χ3n) is 4.15. The van der Waals surface area contributed by atoms with Crippen molar-refractivity contribution >= 4 is 19.5 Å². The van der Waals surface area contributed by atoms with Crippen molar-refractivity contribution in [3.63, 3.8) is 0 Å². The van der Waals surface area contributed by atoms with Crippen molar-refractivity contribution in [2.45, 2.75) is 71.5 Å². The molecule has 0 spiro atoms. The fraction of sp³-hybridized carbons (Fsp3) is 0.812. The van der Waals surface area contributed by atoms with Crippen molar-refractivity contribution in [3.8, 4) is 0 Å². The predicted octanol–water partition coefficient (Wildman–Crippen LogP) is 1.67. The first-order chi connectivity index (χ1) is 10.9. The van der Waals surface area contributed by atoms with Crippen LogP contribution in [0, 0.1) is 6.92 Å². The highest BCUT2D eigenvalue weighted by atomic mass is 28.3. The van der Waals surface area contributed by atoms with Gasteiger partial charge in [-0.15, -0.1) is 5.10 Å². The van der Waals surface area contributed by atoms with Crippen LogP contribution in [0.1, 0.15) is 38.9 Å². The molecule has 2 atom stereocenters. The van der Waals surface area contributed by atoms with Crippen molar-refractivity contribution in [2.75, 3.05) is 13.1 Å². The number of hydrogen-bond donors (Lipinski definition) is 1. The fourth-order valence-electron chi connectivity index (χ4n) is 3.05. The number of carbonyl (C=O) groups excluding carboxylic acids is 1. The first-order valence-corrected chi connectivity index (χ1v) is 12.0. The van der Waals surface area contributed by atoms with E-state index in [-0.39, 0.29) is 18.7 Å². The maximum atomic E-state index is 12.2. The van der Waals surface area contributed by atoms with Crippen LogP contribution in [0.15, 0.2) is 0 Å². The second-order valence-electron chi connectivity index (χ2n) is 8.57. The standard InChI is InChI=1S/C16H30N4O3Si/c1-11-14(24(5,6)7)17-18-20(11)12-8-9-19(10-13(12)21)15(22)23-16(2,3)4/h12-13,21H,8-10H2,1-7H3/t12?,13-/m0/s1. The predicted molar refractivity (Wildman–Crippen MR) is 95.2 cm³/mol. The Morgan fingerprint density at radius 3 is 2.42 bits per heavy atom. The maximum Gasteiger partial charge on any atom is 0.410 e. The van der Waals surface area contributed by atoms with Gasteiger partial charge in [-0.25, -0.2) is 9.48 Å². The Labute approximate surface area is 145 Å². The summed E-state index contributed by atoms with van der Waals surface area (Å²) in [5.74, 6) is 0. The van der Waals surface area contributed by atoms with Crippen LogP contribution in [0.5, 0.6) is 0 Å². The number of hydrogen-bond acceptors (Lipinski definition) is 5. The Morgan fingerprint density at radius 2 is 1.96 bits per heavy atom. The molecule has 0 bridgehead atoms. The third-order valence-corrected chi connectivity index (χ3v) is 6.03. The molecule has 0 aromatic carbocycles. The summed E-state index contributed by atoms with van der Waals surface area (Å²) in [4.78, 5) is 13.7. The summed E-state index contributed by atoms with van der Waals surface area (Å²) < 4.78 is 7.22. The average Bonchev–Trinajstić information content (AvgIpc) is 2.78. The molecular weight excluding hydrogens is 324 g/mol. The number of aromatic nitrogens is 3. The van der Waals surface area contributed by atoms with E-state index < -0.39 is 19.8 Å². The lowest BCUT2D eigenvalue weighted by molar-refractivity contribution is -0.0123. The van der Waals surface area contributed by atoms with Gasteiger partial charge in [0, 0.05) is 6.54 Å². The lowest BCUT2D eigenvalue weighted by Gasteiger charge is -2.36. The molecule has 7 nitrogen and oxygen atoms in total. The minimum Gasteiger partial charge on any atom is -0.444 e. The lowest BCUT2D eigenvalue weighted by atomic mass is 10.0. The molecule has 1 aromatic heterocycles. The van der Waals surface area contributed by atoms with Crippen LogP contribution in [-0.4, -0.2) is 64.0 Å². The fourth-order valence-corrected chi connectivity index (χ4v) is 4.59. The van der Waals surface area contributed by atoms with Gasteiger partial charge in [0.25, 0.3) is 0 Å². The number of aliphatic hydroxyl groups excluding tert-OH is 1. The molecule has 0 aliphatic carbocycles. The minimum atomic E-state index is -1.56. The molecule has 2 heterocycles. The summed E-state index contributed by atoms with van der Waals surface area (Å²) in [6.07, 6.45) is -0.422. The number of nitrogens with zero attached hydrogens (tertiary/aromatic N) is 4. The summed E-state index contributed by atoms with van der Waals surface area (Å²) in [5, 5.41) is 20.3.